The van der Waals surface area contributed by atoms with Crippen LogP contribution in [0.5, 0.6) is 0 Å². The molecule has 0 bridgehead atoms. The molecule has 0 spiro atoms. The van der Waals surface area contributed by atoms with E-state index in [1.807, 2.05) is 10.9 Å². The van der Waals surface area contributed by atoms with Crippen molar-refractivity contribution >= 4 is 0 Å². The summed E-state index contributed by atoms with van der Waals surface area (Å²) < 4.78 is 1.98. The van der Waals surface area contributed by atoms with E-state index >= 15 is 0 Å². The Morgan fingerprint density at radius 2 is 2.42 bits per heavy atom. The molecule has 0 amide bonds. The van der Waals surface area contributed by atoms with Gasteiger partial charge in [-0.2, -0.15) is 5.10 Å². The predicted octanol–water partition coefficient (Wildman–Crippen LogP) is 1.66. The van der Waals surface area contributed by atoms with Crippen LogP contribution in [0.3, 0.4) is 0 Å². The van der Waals surface area contributed by atoms with E-state index in [4.69, 9.17) is 0 Å². The summed E-state index contributed by atoms with van der Waals surface area (Å²) >= 11 is 0. The molecule has 1 heterocycles. The number of nitrogens with zero attached hydrogens (tertiary/aromatic N) is 2. The molecule has 3 heteroatoms. The van der Waals surface area contributed by atoms with Gasteiger partial charge in [0.2, 0.25) is 0 Å². The van der Waals surface area contributed by atoms with Gasteiger partial charge < -0.3 is 5.11 Å². The van der Waals surface area contributed by atoms with Crippen molar-refractivity contribution < 1.29 is 5.11 Å². The highest BCUT2D eigenvalue weighted by atomic mass is 16.3. The monoisotopic (exact) mass is 166 g/mol. The van der Waals surface area contributed by atoms with Crippen LogP contribution in [-0.2, 0) is 0 Å². The number of aliphatic hydroxyl groups excluding tert-OH is 1. The van der Waals surface area contributed by atoms with Gasteiger partial charge in [-0.15, -0.1) is 0 Å². The molecule has 66 valence electrons. The van der Waals surface area contributed by atoms with Crippen LogP contribution in [0, 0.1) is 0 Å². The van der Waals surface area contributed by atoms with Crippen LogP contribution < -0.4 is 0 Å². The molecular weight excluding hydrogens is 152 g/mol. The van der Waals surface area contributed by atoms with Crippen molar-refractivity contribution in [2.45, 2.75) is 38.3 Å². The molecule has 0 radical (unpaired) electrons. The van der Waals surface area contributed by atoms with Crippen molar-refractivity contribution in [3.8, 4) is 0 Å². The third-order valence-electron chi connectivity index (χ3n) is 2.55. The molecule has 0 aromatic carbocycles. The van der Waals surface area contributed by atoms with Crippen LogP contribution in [0.2, 0.25) is 0 Å². The van der Waals surface area contributed by atoms with E-state index in [1.54, 1.807) is 13.1 Å². The Hall–Kier alpha value is -0.830. The third-order valence-corrected chi connectivity index (χ3v) is 2.55. The molecule has 1 aromatic heterocycles. The number of aromatic nitrogens is 2. The average Bonchev–Trinajstić information content (AvgIpc) is 2.32. The van der Waals surface area contributed by atoms with Gasteiger partial charge in [0.15, 0.2) is 0 Å². The molecular formula is C9H14N2O. The summed E-state index contributed by atoms with van der Waals surface area (Å²) in [7, 11) is 0. The van der Waals surface area contributed by atoms with Crippen LogP contribution in [0.1, 0.15) is 43.9 Å². The van der Waals surface area contributed by atoms with Gasteiger partial charge >= 0.3 is 0 Å². The van der Waals surface area contributed by atoms with Crippen molar-refractivity contribution in [1.82, 2.24) is 9.78 Å². The smallest absolute Gasteiger partial charge is 0.0792 e. The second kappa shape index (κ2) is 2.90. The summed E-state index contributed by atoms with van der Waals surface area (Å²) in [6.07, 6.45) is 7.10. The summed E-state index contributed by atoms with van der Waals surface area (Å²) in [5.74, 6) is 0. The lowest BCUT2D eigenvalue weighted by Gasteiger charge is -2.25. The molecule has 1 aliphatic carbocycles. The van der Waals surface area contributed by atoms with E-state index < -0.39 is 0 Å². The Labute approximate surface area is 72.0 Å². The zero-order valence-corrected chi connectivity index (χ0v) is 7.27. The Bertz CT molecular complexity index is 263. The zero-order chi connectivity index (χ0) is 8.55. The minimum atomic E-state index is -0.390. The molecule has 3 nitrogen and oxygen atoms in total. The normalized spacial score (nSPS) is 20.5. The highest BCUT2D eigenvalue weighted by Gasteiger charge is 2.20. The second-order valence-electron chi connectivity index (χ2n) is 3.51. The molecule has 1 aromatic rings. The first-order valence-corrected chi connectivity index (χ1v) is 4.49. The maximum Gasteiger partial charge on any atom is 0.0792 e. The lowest BCUT2D eigenvalue weighted by atomic mass is 9.93. The van der Waals surface area contributed by atoms with Gasteiger partial charge in [-0.1, -0.05) is 0 Å². The van der Waals surface area contributed by atoms with Gasteiger partial charge in [0.05, 0.1) is 18.3 Å². The summed E-state index contributed by atoms with van der Waals surface area (Å²) in [6, 6.07) is 0.595. The standard InChI is InChI=1S/C9H14N2O/c1-7(12)8-5-10-11(6-8)9-3-2-4-9/h5-7,9,12H,2-4H2,1H3/t7-/m0/s1. The van der Waals surface area contributed by atoms with Crippen molar-refractivity contribution in [3.05, 3.63) is 18.0 Å². The maximum absolute atomic E-state index is 9.26. The fraction of sp³-hybridized carbons (Fsp3) is 0.667. The zero-order valence-electron chi connectivity index (χ0n) is 7.27. The molecule has 0 saturated heterocycles. The first-order valence-electron chi connectivity index (χ1n) is 4.49. The van der Waals surface area contributed by atoms with E-state index in [2.05, 4.69) is 5.10 Å². The minimum Gasteiger partial charge on any atom is -0.389 e. The average molecular weight is 166 g/mol. The molecule has 0 unspecified atom stereocenters. The molecule has 1 atom stereocenters. The number of aliphatic hydroxyl groups is 1. The maximum atomic E-state index is 9.26. The van der Waals surface area contributed by atoms with E-state index in [9.17, 15) is 5.11 Å². The summed E-state index contributed by atoms with van der Waals surface area (Å²) in [5, 5.41) is 13.5. The Balaban J connectivity index is 2.12. The molecule has 0 aliphatic heterocycles. The van der Waals surface area contributed by atoms with Crippen LogP contribution in [0.4, 0.5) is 0 Å². The predicted molar refractivity (Wildman–Crippen MR) is 45.7 cm³/mol. The Kier molecular flexibility index (Phi) is 1.89. The van der Waals surface area contributed by atoms with E-state index in [1.165, 1.54) is 19.3 Å². The topological polar surface area (TPSA) is 38.1 Å². The Morgan fingerprint density at radius 1 is 1.67 bits per heavy atom. The molecule has 1 fully saturated rings. The highest BCUT2D eigenvalue weighted by molar-refractivity contribution is 5.07. The van der Waals surface area contributed by atoms with Gasteiger partial charge in [-0.3, -0.25) is 4.68 Å². The van der Waals surface area contributed by atoms with Gasteiger partial charge in [0, 0.05) is 11.8 Å². The molecule has 1 aliphatic rings. The minimum absolute atomic E-state index is 0.390. The Morgan fingerprint density at radius 3 is 2.83 bits per heavy atom. The SMILES string of the molecule is C[C@H](O)c1cnn(C2CCC2)c1. The van der Waals surface area contributed by atoms with Crippen LogP contribution >= 0.6 is 0 Å². The lowest BCUT2D eigenvalue weighted by Crippen LogP contribution is -2.17. The molecule has 1 N–H and O–H groups in total. The highest BCUT2D eigenvalue weighted by Crippen LogP contribution is 2.31. The summed E-state index contributed by atoms with van der Waals surface area (Å²) in [5.41, 5.74) is 0.918. The van der Waals surface area contributed by atoms with E-state index in [0.29, 0.717) is 6.04 Å². The quantitative estimate of drug-likeness (QED) is 0.725. The van der Waals surface area contributed by atoms with Gasteiger partial charge in [0.1, 0.15) is 0 Å². The van der Waals surface area contributed by atoms with Crippen molar-refractivity contribution in [2.75, 3.05) is 0 Å². The van der Waals surface area contributed by atoms with Crippen molar-refractivity contribution in [3.63, 3.8) is 0 Å². The molecule has 2 rings (SSSR count). The summed E-state index contributed by atoms with van der Waals surface area (Å²) in [4.78, 5) is 0. The number of hydrogen-bond acceptors (Lipinski definition) is 2. The third kappa shape index (κ3) is 1.25. The number of rotatable bonds is 2. The van der Waals surface area contributed by atoms with Crippen LogP contribution in [0.25, 0.3) is 0 Å². The molecule has 12 heavy (non-hydrogen) atoms. The first-order chi connectivity index (χ1) is 5.77. The number of hydrogen-bond donors (Lipinski definition) is 1. The summed E-state index contributed by atoms with van der Waals surface area (Å²) in [6.45, 7) is 1.77. The molecule has 1 saturated carbocycles. The van der Waals surface area contributed by atoms with E-state index in [0.717, 1.165) is 5.56 Å². The fourth-order valence-electron chi connectivity index (χ4n) is 1.42. The van der Waals surface area contributed by atoms with Gasteiger partial charge in [-0.05, 0) is 26.2 Å². The largest absolute Gasteiger partial charge is 0.389 e. The first kappa shape index (κ1) is 7.80. The van der Waals surface area contributed by atoms with Gasteiger partial charge in [-0.25, -0.2) is 0 Å². The second-order valence-corrected chi connectivity index (χ2v) is 3.51. The lowest BCUT2D eigenvalue weighted by molar-refractivity contribution is 0.198. The van der Waals surface area contributed by atoms with Gasteiger partial charge in [0.25, 0.3) is 0 Å². The van der Waals surface area contributed by atoms with Crippen LogP contribution in [-0.4, -0.2) is 14.9 Å². The van der Waals surface area contributed by atoms with Crippen molar-refractivity contribution in [1.29, 1.82) is 0 Å². The van der Waals surface area contributed by atoms with Crippen LogP contribution in [0.15, 0.2) is 12.4 Å². The van der Waals surface area contributed by atoms with Crippen molar-refractivity contribution in [2.24, 2.45) is 0 Å². The van der Waals surface area contributed by atoms with E-state index in [-0.39, 0.29) is 6.10 Å². The fourth-order valence-corrected chi connectivity index (χ4v) is 1.42.